The van der Waals surface area contributed by atoms with Gasteiger partial charge in [0.25, 0.3) is 0 Å². The van der Waals surface area contributed by atoms with Crippen molar-refractivity contribution in [2.24, 2.45) is 0 Å². The molecule has 1 aliphatic carbocycles. The zero-order chi connectivity index (χ0) is 20.5. The Hall–Kier alpha value is -3.33. The van der Waals surface area contributed by atoms with Crippen molar-refractivity contribution >= 4 is 17.9 Å². The van der Waals surface area contributed by atoms with Gasteiger partial charge in [-0.3, -0.25) is 4.79 Å². The molecule has 0 heterocycles. The number of ether oxygens (including phenoxy) is 2. The monoisotopic (exact) mass is 386 g/mol. The molecule has 0 atom stereocenters. The van der Waals surface area contributed by atoms with Crippen LogP contribution in [0.3, 0.4) is 0 Å². The normalized spacial score (nSPS) is 16.6. The fraction of sp³-hybridized carbons (Fsp3) is 0.192. The SMILES string of the molecule is C=CCOc1ccccc1/C=C1/CCC/C(=C\c2ccccc2OCC=C)C1=O. The second-order valence-corrected chi connectivity index (χ2v) is 6.80. The molecule has 1 fully saturated rings. The van der Waals surface area contributed by atoms with Crippen LogP contribution in [0.2, 0.25) is 0 Å². The molecule has 2 aromatic carbocycles. The van der Waals surface area contributed by atoms with Gasteiger partial charge in [-0.2, -0.15) is 0 Å². The Labute approximate surface area is 172 Å². The van der Waals surface area contributed by atoms with E-state index in [1.54, 1.807) is 12.2 Å². The van der Waals surface area contributed by atoms with Crippen LogP contribution in [0, 0.1) is 0 Å². The second-order valence-electron chi connectivity index (χ2n) is 6.80. The van der Waals surface area contributed by atoms with Crippen molar-refractivity contribution in [2.75, 3.05) is 13.2 Å². The van der Waals surface area contributed by atoms with E-state index in [9.17, 15) is 4.79 Å². The van der Waals surface area contributed by atoms with Crippen molar-refractivity contribution < 1.29 is 14.3 Å². The molecule has 2 aromatic rings. The molecule has 0 amide bonds. The molecule has 1 aliphatic rings. The summed E-state index contributed by atoms with van der Waals surface area (Å²) in [6.45, 7) is 8.24. The zero-order valence-corrected chi connectivity index (χ0v) is 16.6. The number of rotatable bonds is 8. The predicted octanol–water partition coefficient (Wildman–Crippen LogP) is 6.04. The highest BCUT2D eigenvalue weighted by Crippen LogP contribution is 2.31. The summed E-state index contributed by atoms with van der Waals surface area (Å²) in [6.07, 6.45) is 9.79. The molecule has 0 spiro atoms. The molecular weight excluding hydrogens is 360 g/mol. The average Bonchev–Trinajstić information content (AvgIpc) is 2.75. The van der Waals surface area contributed by atoms with Gasteiger partial charge in [-0.05, 0) is 43.5 Å². The van der Waals surface area contributed by atoms with Crippen LogP contribution >= 0.6 is 0 Å². The maximum Gasteiger partial charge on any atom is 0.185 e. The van der Waals surface area contributed by atoms with Gasteiger partial charge in [-0.1, -0.05) is 61.7 Å². The minimum absolute atomic E-state index is 0.0910. The Kier molecular flexibility index (Phi) is 7.23. The standard InChI is InChI=1S/C26H26O3/c1-3-16-28-24-14-7-5-10-20(24)18-22-12-9-13-23(26(22)27)19-21-11-6-8-15-25(21)29-17-4-2/h3-8,10-11,14-15,18-19H,1-2,9,12-13,16-17H2/b22-18-,23-19+. The number of ketones is 1. The Bertz CT molecular complexity index is 874. The van der Waals surface area contributed by atoms with E-state index < -0.39 is 0 Å². The number of para-hydroxylation sites is 2. The van der Waals surface area contributed by atoms with E-state index in [-0.39, 0.29) is 5.78 Å². The molecule has 3 heteroatoms. The molecule has 29 heavy (non-hydrogen) atoms. The van der Waals surface area contributed by atoms with Crippen LogP contribution in [-0.4, -0.2) is 19.0 Å². The van der Waals surface area contributed by atoms with E-state index in [2.05, 4.69) is 13.2 Å². The maximum atomic E-state index is 13.1. The summed E-state index contributed by atoms with van der Waals surface area (Å²) in [5, 5.41) is 0. The van der Waals surface area contributed by atoms with Crippen LogP contribution in [0.25, 0.3) is 12.2 Å². The molecule has 3 rings (SSSR count). The van der Waals surface area contributed by atoms with Crippen LogP contribution < -0.4 is 9.47 Å². The molecule has 3 nitrogen and oxygen atoms in total. The minimum Gasteiger partial charge on any atom is -0.489 e. The molecule has 0 aromatic heterocycles. The first kappa shape index (κ1) is 20.4. The van der Waals surface area contributed by atoms with Crippen molar-refractivity contribution in [1.29, 1.82) is 0 Å². The largest absolute Gasteiger partial charge is 0.489 e. The highest BCUT2D eigenvalue weighted by atomic mass is 16.5. The molecular formula is C26H26O3. The van der Waals surface area contributed by atoms with Crippen molar-refractivity contribution in [3.63, 3.8) is 0 Å². The third-order valence-corrected chi connectivity index (χ3v) is 4.69. The first-order valence-corrected chi connectivity index (χ1v) is 9.84. The quantitative estimate of drug-likeness (QED) is 0.410. The third kappa shape index (κ3) is 5.35. The summed E-state index contributed by atoms with van der Waals surface area (Å²) in [4.78, 5) is 13.1. The highest BCUT2D eigenvalue weighted by Gasteiger charge is 2.21. The fourth-order valence-corrected chi connectivity index (χ4v) is 3.31. The van der Waals surface area contributed by atoms with Gasteiger partial charge in [0.15, 0.2) is 5.78 Å². The van der Waals surface area contributed by atoms with E-state index in [4.69, 9.17) is 9.47 Å². The average molecular weight is 386 g/mol. The third-order valence-electron chi connectivity index (χ3n) is 4.69. The first-order valence-electron chi connectivity index (χ1n) is 9.84. The van der Waals surface area contributed by atoms with E-state index in [0.717, 1.165) is 53.0 Å². The van der Waals surface area contributed by atoms with Crippen LogP contribution in [0.4, 0.5) is 0 Å². The second kappa shape index (κ2) is 10.3. The topological polar surface area (TPSA) is 35.5 Å². The van der Waals surface area contributed by atoms with Gasteiger partial charge < -0.3 is 9.47 Å². The lowest BCUT2D eigenvalue weighted by atomic mass is 9.86. The Morgan fingerprint density at radius 1 is 0.759 bits per heavy atom. The molecule has 1 saturated carbocycles. The first-order chi connectivity index (χ1) is 14.2. The van der Waals surface area contributed by atoms with Gasteiger partial charge in [0.1, 0.15) is 24.7 Å². The van der Waals surface area contributed by atoms with Crippen molar-refractivity contribution in [2.45, 2.75) is 19.3 Å². The van der Waals surface area contributed by atoms with Crippen LogP contribution in [0.5, 0.6) is 11.5 Å². The summed E-state index contributed by atoms with van der Waals surface area (Å²) in [7, 11) is 0. The summed E-state index contributed by atoms with van der Waals surface area (Å²) in [5.74, 6) is 1.60. The van der Waals surface area contributed by atoms with Crippen LogP contribution in [0.15, 0.2) is 85.0 Å². The van der Waals surface area contributed by atoms with Gasteiger partial charge >= 0.3 is 0 Å². The smallest absolute Gasteiger partial charge is 0.185 e. The fourth-order valence-electron chi connectivity index (χ4n) is 3.31. The molecule has 0 N–H and O–H groups in total. The molecule has 0 radical (unpaired) electrons. The molecule has 0 unspecified atom stereocenters. The van der Waals surface area contributed by atoms with Gasteiger partial charge in [-0.25, -0.2) is 0 Å². The Morgan fingerprint density at radius 3 is 1.66 bits per heavy atom. The minimum atomic E-state index is 0.0910. The Morgan fingerprint density at radius 2 is 1.21 bits per heavy atom. The lowest BCUT2D eigenvalue weighted by Gasteiger charge is -2.18. The summed E-state index contributed by atoms with van der Waals surface area (Å²) >= 11 is 0. The van der Waals surface area contributed by atoms with Crippen molar-refractivity contribution in [3.05, 3.63) is 96.1 Å². The van der Waals surface area contributed by atoms with Gasteiger partial charge in [0, 0.05) is 22.3 Å². The van der Waals surface area contributed by atoms with E-state index in [1.165, 1.54) is 0 Å². The zero-order valence-electron chi connectivity index (χ0n) is 16.6. The van der Waals surface area contributed by atoms with Gasteiger partial charge in [0.05, 0.1) is 0 Å². The maximum absolute atomic E-state index is 13.1. The number of hydrogen-bond donors (Lipinski definition) is 0. The molecule has 148 valence electrons. The van der Waals surface area contributed by atoms with Crippen molar-refractivity contribution in [1.82, 2.24) is 0 Å². The number of Topliss-reactive ketones (excluding diaryl/α,β-unsaturated/α-hetero) is 1. The number of carbonyl (C=O) groups is 1. The summed E-state index contributed by atoms with van der Waals surface area (Å²) in [5.41, 5.74) is 3.44. The van der Waals surface area contributed by atoms with E-state index in [0.29, 0.717) is 13.2 Å². The van der Waals surface area contributed by atoms with Gasteiger partial charge in [0.2, 0.25) is 0 Å². The van der Waals surface area contributed by atoms with Crippen molar-refractivity contribution in [3.8, 4) is 11.5 Å². The van der Waals surface area contributed by atoms with E-state index >= 15 is 0 Å². The Balaban J connectivity index is 1.88. The summed E-state index contributed by atoms with van der Waals surface area (Å²) in [6, 6.07) is 15.5. The number of carbonyl (C=O) groups excluding carboxylic acids is 1. The number of benzene rings is 2. The number of hydrogen-bond acceptors (Lipinski definition) is 3. The predicted molar refractivity (Wildman–Crippen MR) is 119 cm³/mol. The molecule has 0 saturated heterocycles. The highest BCUT2D eigenvalue weighted by molar-refractivity contribution is 6.14. The number of allylic oxidation sites excluding steroid dienone is 2. The molecule has 0 bridgehead atoms. The van der Waals surface area contributed by atoms with E-state index in [1.807, 2.05) is 60.7 Å². The molecule has 0 aliphatic heterocycles. The van der Waals surface area contributed by atoms with Crippen LogP contribution in [0.1, 0.15) is 30.4 Å². The lowest BCUT2D eigenvalue weighted by Crippen LogP contribution is -2.12. The lowest BCUT2D eigenvalue weighted by molar-refractivity contribution is -0.112. The summed E-state index contributed by atoms with van der Waals surface area (Å²) < 4.78 is 11.5. The van der Waals surface area contributed by atoms with Gasteiger partial charge in [-0.15, -0.1) is 0 Å². The van der Waals surface area contributed by atoms with Crippen LogP contribution in [-0.2, 0) is 4.79 Å².